The van der Waals surface area contributed by atoms with Crippen molar-refractivity contribution in [2.45, 2.75) is 13.2 Å². The summed E-state index contributed by atoms with van der Waals surface area (Å²) >= 11 is 0. The monoisotopic (exact) mass is 280 g/mol. The lowest BCUT2D eigenvalue weighted by Crippen LogP contribution is -2.21. The summed E-state index contributed by atoms with van der Waals surface area (Å²) in [5.41, 5.74) is 1.33. The zero-order chi connectivity index (χ0) is 15.0. The smallest absolute Gasteiger partial charge is 0.243 e. The highest BCUT2D eigenvalue weighted by Crippen LogP contribution is 2.11. The summed E-state index contributed by atoms with van der Waals surface area (Å²) in [6, 6.07) is 4.73. The van der Waals surface area contributed by atoms with Crippen molar-refractivity contribution >= 4 is 5.91 Å². The van der Waals surface area contributed by atoms with Crippen molar-refractivity contribution < 1.29 is 13.9 Å². The minimum Gasteiger partial charge on any atom is -0.380 e. The normalized spacial score (nSPS) is 11.2. The first-order valence-electron chi connectivity index (χ1n) is 6.38. The number of hydrogen-bond donors (Lipinski definition) is 1. The number of amides is 1. The highest BCUT2D eigenvalue weighted by Gasteiger charge is 2.04. The van der Waals surface area contributed by atoms with Crippen LogP contribution in [0.2, 0.25) is 0 Å². The lowest BCUT2D eigenvalue weighted by Gasteiger charge is -2.07. The second-order valence-electron chi connectivity index (χ2n) is 4.74. The second kappa shape index (κ2) is 8.45. The lowest BCUT2D eigenvalue weighted by molar-refractivity contribution is -0.116. The first kappa shape index (κ1) is 16.3. The van der Waals surface area contributed by atoms with Gasteiger partial charge in [0.2, 0.25) is 5.91 Å². The van der Waals surface area contributed by atoms with Gasteiger partial charge < -0.3 is 15.0 Å². The molecule has 20 heavy (non-hydrogen) atoms. The molecule has 1 N–H and O–H groups in total. The Balaban J connectivity index is 2.51. The predicted octanol–water partition coefficient (Wildman–Crippen LogP) is 1.71. The lowest BCUT2D eigenvalue weighted by atomic mass is 10.1. The maximum Gasteiger partial charge on any atom is 0.243 e. The standard InChI is InChI=1S/C15H21FN2O2/c1-18(2)8-4-5-15(19)17-10-12-6-7-14(16)13(9-12)11-20-3/h4-7,9H,8,10-11H2,1-3H3,(H,17,19)/b5-4+. The van der Waals surface area contributed by atoms with Crippen molar-refractivity contribution in [2.75, 3.05) is 27.7 Å². The van der Waals surface area contributed by atoms with E-state index in [9.17, 15) is 9.18 Å². The van der Waals surface area contributed by atoms with Crippen LogP contribution in [0.4, 0.5) is 4.39 Å². The van der Waals surface area contributed by atoms with Crippen molar-refractivity contribution in [3.8, 4) is 0 Å². The molecule has 5 heteroatoms. The molecule has 0 radical (unpaired) electrons. The molecule has 4 nitrogen and oxygen atoms in total. The first-order chi connectivity index (χ1) is 9.52. The molecular weight excluding hydrogens is 259 g/mol. The molecule has 0 aliphatic heterocycles. The van der Waals surface area contributed by atoms with Crippen LogP contribution in [0.1, 0.15) is 11.1 Å². The number of ether oxygens (including phenoxy) is 1. The van der Waals surface area contributed by atoms with Crippen LogP contribution in [-0.4, -0.2) is 38.6 Å². The third-order valence-electron chi connectivity index (χ3n) is 2.62. The average Bonchev–Trinajstić information content (AvgIpc) is 2.39. The number of methoxy groups -OCH3 is 1. The Morgan fingerprint density at radius 2 is 2.20 bits per heavy atom. The number of hydrogen-bond acceptors (Lipinski definition) is 3. The van der Waals surface area contributed by atoms with Gasteiger partial charge in [-0.2, -0.15) is 0 Å². The number of halogens is 1. The van der Waals surface area contributed by atoms with Gasteiger partial charge in [-0.15, -0.1) is 0 Å². The van der Waals surface area contributed by atoms with Crippen LogP contribution >= 0.6 is 0 Å². The van der Waals surface area contributed by atoms with Crippen molar-refractivity contribution in [1.82, 2.24) is 10.2 Å². The zero-order valence-corrected chi connectivity index (χ0v) is 12.1. The van der Waals surface area contributed by atoms with Crippen molar-refractivity contribution in [2.24, 2.45) is 0 Å². The Labute approximate surface area is 119 Å². The van der Waals surface area contributed by atoms with Crippen LogP contribution < -0.4 is 5.32 Å². The van der Waals surface area contributed by atoms with Gasteiger partial charge in [-0.05, 0) is 31.8 Å². The van der Waals surface area contributed by atoms with E-state index >= 15 is 0 Å². The van der Waals surface area contributed by atoms with E-state index in [0.29, 0.717) is 18.7 Å². The summed E-state index contributed by atoms with van der Waals surface area (Å²) in [5.74, 6) is -0.461. The van der Waals surface area contributed by atoms with E-state index in [-0.39, 0.29) is 18.3 Å². The fourth-order valence-electron chi connectivity index (χ4n) is 1.62. The van der Waals surface area contributed by atoms with Crippen LogP contribution in [0.25, 0.3) is 0 Å². The molecule has 0 spiro atoms. The predicted molar refractivity (Wildman–Crippen MR) is 76.7 cm³/mol. The Bertz CT molecular complexity index is 473. The van der Waals surface area contributed by atoms with E-state index in [0.717, 1.165) is 5.56 Å². The summed E-state index contributed by atoms with van der Waals surface area (Å²) < 4.78 is 18.3. The third kappa shape index (κ3) is 5.95. The molecule has 0 unspecified atom stereocenters. The quantitative estimate of drug-likeness (QED) is 0.773. The van der Waals surface area contributed by atoms with Gasteiger partial charge in [-0.3, -0.25) is 4.79 Å². The van der Waals surface area contributed by atoms with Gasteiger partial charge in [-0.25, -0.2) is 4.39 Å². The van der Waals surface area contributed by atoms with Gasteiger partial charge in [-0.1, -0.05) is 12.1 Å². The molecule has 1 rings (SSSR count). The molecule has 0 aliphatic carbocycles. The van der Waals surface area contributed by atoms with Crippen LogP contribution in [0.15, 0.2) is 30.4 Å². The maximum atomic E-state index is 13.4. The summed E-state index contributed by atoms with van der Waals surface area (Å²) in [4.78, 5) is 13.5. The Kier molecular flexibility index (Phi) is 6.90. The largest absolute Gasteiger partial charge is 0.380 e. The number of nitrogens with zero attached hydrogens (tertiary/aromatic N) is 1. The molecular formula is C15H21FN2O2. The van der Waals surface area contributed by atoms with Gasteiger partial charge in [0, 0.05) is 31.8 Å². The molecule has 0 aromatic heterocycles. The molecule has 0 saturated heterocycles. The zero-order valence-electron chi connectivity index (χ0n) is 12.1. The highest BCUT2D eigenvalue weighted by atomic mass is 19.1. The van der Waals surface area contributed by atoms with Gasteiger partial charge in [0.1, 0.15) is 5.82 Å². The second-order valence-corrected chi connectivity index (χ2v) is 4.74. The fraction of sp³-hybridized carbons (Fsp3) is 0.400. The van der Waals surface area contributed by atoms with E-state index < -0.39 is 0 Å². The van der Waals surface area contributed by atoms with Gasteiger partial charge in [0.05, 0.1) is 6.61 Å². The van der Waals surface area contributed by atoms with E-state index in [1.807, 2.05) is 19.0 Å². The number of carbonyl (C=O) groups is 1. The van der Waals surface area contributed by atoms with Gasteiger partial charge in [0.15, 0.2) is 0 Å². The SMILES string of the molecule is COCc1cc(CNC(=O)/C=C/CN(C)C)ccc1F. The fourth-order valence-corrected chi connectivity index (χ4v) is 1.62. The Hall–Kier alpha value is -1.72. The van der Waals surface area contributed by atoms with Crippen molar-refractivity contribution in [3.05, 3.63) is 47.3 Å². The average molecular weight is 280 g/mol. The third-order valence-corrected chi connectivity index (χ3v) is 2.62. The van der Waals surface area contributed by atoms with Crippen LogP contribution in [0, 0.1) is 5.82 Å². The van der Waals surface area contributed by atoms with Crippen LogP contribution in [0.5, 0.6) is 0 Å². The van der Waals surface area contributed by atoms with Gasteiger partial charge >= 0.3 is 0 Å². The Morgan fingerprint density at radius 1 is 1.45 bits per heavy atom. The van der Waals surface area contributed by atoms with E-state index in [4.69, 9.17) is 4.74 Å². The van der Waals surface area contributed by atoms with E-state index in [1.165, 1.54) is 19.3 Å². The highest BCUT2D eigenvalue weighted by molar-refractivity contribution is 5.87. The molecule has 0 heterocycles. The topological polar surface area (TPSA) is 41.6 Å². The molecule has 0 aliphatic rings. The summed E-state index contributed by atoms with van der Waals surface area (Å²) in [7, 11) is 5.37. The number of likely N-dealkylation sites (N-methyl/N-ethyl adjacent to an activating group) is 1. The summed E-state index contributed by atoms with van der Waals surface area (Å²) in [5, 5.41) is 2.75. The number of rotatable bonds is 7. The minimum atomic E-state index is -0.298. The first-order valence-corrected chi connectivity index (χ1v) is 6.38. The number of benzene rings is 1. The van der Waals surface area contributed by atoms with Crippen LogP contribution in [0.3, 0.4) is 0 Å². The van der Waals surface area contributed by atoms with E-state index in [1.54, 1.807) is 18.2 Å². The number of nitrogens with one attached hydrogen (secondary N) is 1. The molecule has 0 atom stereocenters. The molecule has 110 valence electrons. The van der Waals surface area contributed by atoms with Gasteiger partial charge in [0.25, 0.3) is 0 Å². The number of carbonyl (C=O) groups excluding carboxylic acids is 1. The van der Waals surface area contributed by atoms with E-state index in [2.05, 4.69) is 5.32 Å². The molecule has 0 saturated carbocycles. The molecule has 0 bridgehead atoms. The molecule has 0 fully saturated rings. The minimum absolute atomic E-state index is 0.163. The Morgan fingerprint density at radius 3 is 2.85 bits per heavy atom. The molecule has 1 aromatic carbocycles. The van der Waals surface area contributed by atoms with Crippen molar-refractivity contribution in [3.63, 3.8) is 0 Å². The maximum absolute atomic E-state index is 13.4. The van der Waals surface area contributed by atoms with Crippen LogP contribution in [-0.2, 0) is 22.7 Å². The summed E-state index contributed by atoms with van der Waals surface area (Å²) in [6.45, 7) is 1.29. The summed E-state index contributed by atoms with van der Waals surface area (Å²) in [6.07, 6.45) is 3.29. The van der Waals surface area contributed by atoms with Crippen molar-refractivity contribution in [1.29, 1.82) is 0 Å². The molecule has 1 amide bonds. The molecule has 1 aromatic rings.